The normalized spacial score (nSPS) is 13.8. The molecule has 4 N–H and O–H groups in total. The van der Waals surface area contributed by atoms with Crippen molar-refractivity contribution >= 4 is 27.5 Å². The van der Waals surface area contributed by atoms with Gasteiger partial charge in [-0.05, 0) is 49.4 Å². The van der Waals surface area contributed by atoms with E-state index in [1.807, 2.05) is 6.92 Å². The fourth-order valence-electron chi connectivity index (χ4n) is 2.87. The summed E-state index contributed by atoms with van der Waals surface area (Å²) in [5.74, 6) is -1.70. The molecule has 0 spiro atoms. The summed E-state index contributed by atoms with van der Waals surface area (Å²) in [6.07, 6.45) is 2.93. The summed E-state index contributed by atoms with van der Waals surface area (Å²) >= 11 is 1.44. The van der Waals surface area contributed by atoms with Crippen LogP contribution in [0.4, 0.5) is 4.39 Å². The van der Waals surface area contributed by atoms with Gasteiger partial charge in [-0.15, -0.1) is 11.3 Å². The molecule has 0 unspecified atom stereocenters. The van der Waals surface area contributed by atoms with Gasteiger partial charge >= 0.3 is 5.97 Å². The van der Waals surface area contributed by atoms with Crippen LogP contribution in [0.1, 0.15) is 46.0 Å². The van der Waals surface area contributed by atoms with Gasteiger partial charge in [0.1, 0.15) is 10.6 Å². The molecular weight excluding hydrogens is 357 g/mol. The van der Waals surface area contributed by atoms with E-state index >= 15 is 0 Å². The zero-order chi connectivity index (χ0) is 18.8. The summed E-state index contributed by atoms with van der Waals surface area (Å²) in [6.45, 7) is 1.87. The van der Waals surface area contributed by atoms with Gasteiger partial charge in [-0.25, -0.2) is 14.2 Å². The molecule has 0 amide bonds. The molecule has 136 valence electrons. The number of carboxylic acid groups (broad SMARTS) is 1. The molecule has 3 aromatic rings. The van der Waals surface area contributed by atoms with Crippen molar-refractivity contribution < 1.29 is 14.3 Å². The van der Waals surface area contributed by atoms with Crippen molar-refractivity contribution in [1.82, 2.24) is 9.97 Å². The summed E-state index contributed by atoms with van der Waals surface area (Å²) in [7, 11) is 0. The van der Waals surface area contributed by atoms with E-state index in [4.69, 9.17) is 10.8 Å². The second-order valence-corrected chi connectivity index (χ2v) is 7.18. The van der Waals surface area contributed by atoms with E-state index in [1.165, 1.54) is 28.3 Å². The quantitative estimate of drug-likeness (QED) is 0.638. The second-order valence-electron chi connectivity index (χ2n) is 6.10. The molecule has 1 atom stereocenters. The first kappa shape index (κ1) is 18.2. The standard InChI is InChI=1S/C10H8N2O3S.C8H10FN/c13-8-6-4-2-1-3-5(4)16-9(6)12-7(11-8)10(14)15;1-6(10)7-2-4-8(9)5-3-7/h1-3H2,(H,14,15)(H,11,12,13);2-6H,10H2,1H3/t;6-/m.1/s1. The predicted molar refractivity (Wildman–Crippen MR) is 98.2 cm³/mol. The number of nitrogens with zero attached hydrogens (tertiary/aromatic N) is 1. The highest BCUT2D eigenvalue weighted by Gasteiger charge is 2.22. The van der Waals surface area contributed by atoms with Crippen LogP contribution in [-0.2, 0) is 12.8 Å². The molecule has 0 saturated heterocycles. The minimum Gasteiger partial charge on any atom is -0.475 e. The van der Waals surface area contributed by atoms with Gasteiger partial charge in [0.05, 0.1) is 5.39 Å². The molecule has 0 bridgehead atoms. The van der Waals surface area contributed by atoms with E-state index in [9.17, 15) is 14.0 Å². The van der Waals surface area contributed by atoms with Crippen LogP contribution < -0.4 is 11.3 Å². The number of carboxylic acids is 1. The van der Waals surface area contributed by atoms with Gasteiger partial charge in [-0.3, -0.25) is 4.79 Å². The van der Waals surface area contributed by atoms with Crippen molar-refractivity contribution in [2.45, 2.75) is 32.2 Å². The number of aromatic amines is 1. The Bertz CT molecular complexity index is 1010. The van der Waals surface area contributed by atoms with Crippen molar-refractivity contribution in [1.29, 1.82) is 0 Å². The number of H-pyrrole nitrogens is 1. The predicted octanol–water partition coefficient (Wildman–Crippen LogP) is 3.02. The van der Waals surface area contributed by atoms with E-state index in [-0.39, 0.29) is 23.2 Å². The van der Waals surface area contributed by atoms with Crippen LogP contribution in [0.5, 0.6) is 0 Å². The zero-order valence-electron chi connectivity index (χ0n) is 14.1. The number of carbonyl (C=O) groups is 1. The number of nitrogens with one attached hydrogen (secondary N) is 1. The Morgan fingerprint density at radius 1 is 1.35 bits per heavy atom. The highest BCUT2D eigenvalue weighted by atomic mass is 32.1. The van der Waals surface area contributed by atoms with Crippen LogP contribution in [0, 0.1) is 5.82 Å². The van der Waals surface area contributed by atoms with Crippen molar-refractivity contribution in [3.63, 3.8) is 0 Å². The summed E-state index contributed by atoms with van der Waals surface area (Å²) in [4.78, 5) is 30.5. The molecule has 8 heteroatoms. The maximum absolute atomic E-state index is 12.3. The molecule has 4 rings (SSSR count). The molecule has 1 aliphatic rings. The molecule has 2 heterocycles. The number of rotatable bonds is 2. The molecule has 26 heavy (non-hydrogen) atoms. The van der Waals surface area contributed by atoms with E-state index in [0.717, 1.165) is 30.4 Å². The lowest BCUT2D eigenvalue weighted by Gasteiger charge is -2.02. The van der Waals surface area contributed by atoms with Crippen LogP contribution in [0.2, 0.25) is 0 Å². The lowest BCUT2D eigenvalue weighted by atomic mass is 10.1. The molecule has 1 aliphatic carbocycles. The lowest BCUT2D eigenvalue weighted by molar-refractivity contribution is 0.0683. The van der Waals surface area contributed by atoms with Gasteiger partial charge in [0.15, 0.2) is 0 Å². The number of halogens is 1. The molecule has 0 radical (unpaired) electrons. The van der Waals surface area contributed by atoms with Crippen LogP contribution in [0.25, 0.3) is 10.2 Å². The lowest BCUT2D eigenvalue weighted by Crippen LogP contribution is -2.15. The van der Waals surface area contributed by atoms with Crippen LogP contribution in [0.15, 0.2) is 29.1 Å². The Kier molecular flexibility index (Phi) is 5.15. The van der Waals surface area contributed by atoms with E-state index < -0.39 is 5.97 Å². The fourth-order valence-corrected chi connectivity index (χ4v) is 4.13. The highest BCUT2D eigenvalue weighted by Crippen LogP contribution is 2.34. The maximum atomic E-state index is 12.3. The third-order valence-electron chi connectivity index (χ3n) is 4.17. The number of thiophene rings is 1. The summed E-state index contributed by atoms with van der Waals surface area (Å²) in [5, 5.41) is 9.37. The van der Waals surface area contributed by atoms with E-state index in [2.05, 4.69) is 9.97 Å². The average molecular weight is 375 g/mol. The van der Waals surface area contributed by atoms with Crippen LogP contribution in [-0.4, -0.2) is 21.0 Å². The van der Waals surface area contributed by atoms with Crippen LogP contribution in [0.3, 0.4) is 0 Å². The van der Waals surface area contributed by atoms with Gasteiger partial charge in [-0.1, -0.05) is 12.1 Å². The number of aromatic carboxylic acids is 1. The Balaban J connectivity index is 0.000000170. The first-order chi connectivity index (χ1) is 12.4. The molecule has 1 aromatic carbocycles. The number of hydrogen-bond acceptors (Lipinski definition) is 5. The molecule has 0 saturated carbocycles. The Morgan fingerprint density at radius 3 is 2.65 bits per heavy atom. The molecule has 2 aromatic heterocycles. The number of benzene rings is 1. The minimum atomic E-state index is -1.20. The SMILES string of the molecule is C[C@@H](N)c1ccc(F)cc1.O=C(O)c1nc2sc3c(c2c(=O)[nH]1)CCC3. The van der Waals surface area contributed by atoms with E-state index in [0.29, 0.717) is 10.2 Å². The third-order valence-corrected chi connectivity index (χ3v) is 5.36. The number of fused-ring (bicyclic) bond motifs is 3. The van der Waals surface area contributed by atoms with Gasteiger partial charge in [-0.2, -0.15) is 0 Å². The molecule has 6 nitrogen and oxygen atoms in total. The van der Waals surface area contributed by atoms with Gasteiger partial charge in [0.25, 0.3) is 5.56 Å². The summed E-state index contributed by atoms with van der Waals surface area (Å²) in [6, 6.07) is 6.21. The summed E-state index contributed by atoms with van der Waals surface area (Å²) in [5.41, 5.74) is 7.23. The van der Waals surface area contributed by atoms with Gasteiger partial charge in [0, 0.05) is 10.9 Å². The number of aromatic nitrogens is 2. The van der Waals surface area contributed by atoms with Crippen molar-refractivity contribution in [3.8, 4) is 0 Å². The fraction of sp³-hybridized carbons (Fsp3) is 0.278. The number of aryl methyl sites for hydroxylation is 2. The van der Waals surface area contributed by atoms with Crippen molar-refractivity contribution in [3.05, 3.63) is 62.3 Å². The number of nitrogens with two attached hydrogens (primary N) is 1. The first-order valence-corrected chi connectivity index (χ1v) is 8.97. The minimum absolute atomic E-state index is 0.0133. The maximum Gasteiger partial charge on any atom is 0.372 e. The van der Waals surface area contributed by atoms with E-state index in [1.54, 1.807) is 12.1 Å². The Labute approximate surface area is 152 Å². The first-order valence-electron chi connectivity index (χ1n) is 8.15. The second kappa shape index (κ2) is 7.35. The number of hydrogen-bond donors (Lipinski definition) is 3. The zero-order valence-corrected chi connectivity index (χ0v) is 14.9. The Hall–Kier alpha value is -2.58. The van der Waals surface area contributed by atoms with Crippen LogP contribution >= 0.6 is 11.3 Å². The molecule has 0 fully saturated rings. The van der Waals surface area contributed by atoms with Crippen molar-refractivity contribution in [2.75, 3.05) is 0 Å². The molecular formula is C18H18FN3O3S. The third kappa shape index (κ3) is 3.66. The Morgan fingerprint density at radius 2 is 2.04 bits per heavy atom. The largest absolute Gasteiger partial charge is 0.475 e. The summed E-state index contributed by atoms with van der Waals surface area (Å²) < 4.78 is 12.3. The monoisotopic (exact) mass is 375 g/mol. The van der Waals surface area contributed by atoms with Gasteiger partial charge < -0.3 is 15.8 Å². The topological polar surface area (TPSA) is 109 Å². The highest BCUT2D eigenvalue weighted by molar-refractivity contribution is 7.18. The van der Waals surface area contributed by atoms with Gasteiger partial charge in [0.2, 0.25) is 5.82 Å². The smallest absolute Gasteiger partial charge is 0.372 e. The van der Waals surface area contributed by atoms with Crippen molar-refractivity contribution in [2.24, 2.45) is 5.73 Å². The average Bonchev–Trinajstić information content (AvgIpc) is 3.16. The molecule has 0 aliphatic heterocycles.